The Kier molecular flexibility index (Phi) is 3.31. The fourth-order valence-corrected chi connectivity index (χ4v) is 1.82. The maximum absolute atomic E-state index is 11.0. The highest BCUT2D eigenvalue weighted by Crippen LogP contribution is 2.21. The number of hydrogen-bond donors (Lipinski definition) is 4. The Hall–Kier alpha value is -2.31. The Bertz CT molecular complexity index is 479. The highest BCUT2D eigenvalue weighted by molar-refractivity contribution is 5.96. The first-order valence-corrected chi connectivity index (χ1v) is 5.59. The second-order valence-electron chi connectivity index (χ2n) is 4.11. The number of nitrogens with two attached hydrogens (primary N) is 1. The highest BCUT2D eigenvalue weighted by atomic mass is 16.4. The molecule has 5 N–H and O–H groups in total. The third-order valence-corrected chi connectivity index (χ3v) is 2.83. The molecule has 0 spiro atoms. The average molecular weight is 250 g/mol. The van der Waals surface area contributed by atoms with Gasteiger partial charge in [0.2, 0.25) is 5.91 Å². The number of nitrogen functional groups attached to an aromatic ring is 1. The number of carboxylic acid groups (broad SMARTS) is 1. The number of nitrogens with one attached hydrogen (secondary N) is 2. The zero-order chi connectivity index (χ0) is 13.1. The van der Waals surface area contributed by atoms with E-state index in [9.17, 15) is 9.59 Å². The SMILES string of the molecule is Nc1c(C(=O)O)ccnc1NC1CCC(=O)NC1. The molecule has 2 rings (SSSR count). The van der Waals surface area contributed by atoms with Gasteiger partial charge in [0.15, 0.2) is 0 Å². The number of hydrogen-bond acceptors (Lipinski definition) is 5. The molecule has 18 heavy (non-hydrogen) atoms. The molecule has 0 aromatic carbocycles. The average Bonchev–Trinajstić information content (AvgIpc) is 2.34. The largest absolute Gasteiger partial charge is 0.478 e. The molecule has 1 amide bonds. The number of carbonyl (C=O) groups excluding carboxylic acids is 1. The van der Waals surface area contributed by atoms with E-state index in [2.05, 4.69) is 15.6 Å². The van der Waals surface area contributed by atoms with Gasteiger partial charge in [-0.05, 0) is 12.5 Å². The van der Waals surface area contributed by atoms with Crippen LogP contribution in [0.4, 0.5) is 11.5 Å². The fourth-order valence-electron chi connectivity index (χ4n) is 1.82. The minimum atomic E-state index is -1.09. The molecular weight excluding hydrogens is 236 g/mol. The first-order valence-electron chi connectivity index (χ1n) is 5.59. The van der Waals surface area contributed by atoms with E-state index < -0.39 is 5.97 Å². The summed E-state index contributed by atoms with van der Waals surface area (Å²) in [7, 11) is 0. The monoisotopic (exact) mass is 250 g/mol. The number of nitrogens with zero attached hydrogens (tertiary/aromatic N) is 1. The molecule has 96 valence electrons. The van der Waals surface area contributed by atoms with E-state index in [1.54, 1.807) is 0 Å². The number of amides is 1. The van der Waals surface area contributed by atoms with Gasteiger partial charge in [0.1, 0.15) is 5.82 Å². The molecule has 0 radical (unpaired) electrons. The van der Waals surface area contributed by atoms with Crippen LogP contribution in [-0.4, -0.2) is 34.6 Å². The van der Waals surface area contributed by atoms with Gasteiger partial charge in [0.25, 0.3) is 0 Å². The van der Waals surface area contributed by atoms with Crippen molar-refractivity contribution in [3.63, 3.8) is 0 Å². The summed E-state index contributed by atoms with van der Waals surface area (Å²) in [5.74, 6) is -0.723. The van der Waals surface area contributed by atoms with Gasteiger partial charge in [0.05, 0.1) is 11.3 Å². The van der Waals surface area contributed by atoms with E-state index in [-0.39, 0.29) is 23.2 Å². The van der Waals surface area contributed by atoms with E-state index in [1.807, 2.05) is 0 Å². The molecule has 1 aliphatic rings. The van der Waals surface area contributed by atoms with Gasteiger partial charge in [-0.1, -0.05) is 0 Å². The number of aromatic nitrogens is 1. The highest BCUT2D eigenvalue weighted by Gasteiger charge is 2.20. The first-order chi connectivity index (χ1) is 8.58. The summed E-state index contributed by atoms with van der Waals surface area (Å²) in [6.45, 7) is 0.483. The molecule has 7 nitrogen and oxygen atoms in total. The Morgan fingerprint density at radius 2 is 2.39 bits per heavy atom. The van der Waals surface area contributed by atoms with E-state index in [1.165, 1.54) is 12.3 Å². The fraction of sp³-hybridized carbons (Fsp3) is 0.364. The molecule has 1 saturated heterocycles. The zero-order valence-corrected chi connectivity index (χ0v) is 9.64. The summed E-state index contributed by atoms with van der Waals surface area (Å²) >= 11 is 0. The molecule has 2 heterocycles. The van der Waals surface area contributed by atoms with Crippen molar-refractivity contribution in [2.75, 3.05) is 17.6 Å². The molecule has 1 atom stereocenters. The maximum Gasteiger partial charge on any atom is 0.337 e. The predicted octanol–water partition coefficient (Wildman–Crippen LogP) is 0.0525. The lowest BCUT2D eigenvalue weighted by atomic mass is 10.1. The number of rotatable bonds is 3. The molecule has 0 bridgehead atoms. The summed E-state index contributed by atoms with van der Waals surface area (Å²) in [4.78, 5) is 26.0. The Balaban J connectivity index is 2.12. The molecule has 0 saturated carbocycles. The Labute approximate surface area is 103 Å². The summed E-state index contributed by atoms with van der Waals surface area (Å²) in [6, 6.07) is 1.37. The van der Waals surface area contributed by atoms with Gasteiger partial charge in [-0.25, -0.2) is 9.78 Å². The molecule has 1 aliphatic heterocycles. The lowest BCUT2D eigenvalue weighted by Crippen LogP contribution is -2.42. The number of piperidine rings is 1. The summed E-state index contributed by atoms with van der Waals surface area (Å²) in [5, 5.41) is 14.7. The van der Waals surface area contributed by atoms with Crippen molar-refractivity contribution in [1.29, 1.82) is 0 Å². The van der Waals surface area contributed by atoms with Gasteiger partial charge in [-0.2, -0.15) is 0 Å². The van der Waals surface area contributed by atoms with Crippen molar-refractivity contribution in [2.45, 2.75) is 18.9 Å². The molecule has 1 aromatic heterocycles. The van der Waals surface area contributed by atoms with Crippen LogP contribution in [0, 0.1) is 0 Å². The minimum Gasteiger partial charge on any atom is -0.478 e. The summed E-state index contributed by atoms with van der Waals surface area (Å²) < 4.78 is 0. The van der Waals surface area contributed by atoms with Crippen molar-refractivity contribution in [3.8, 4) is 0 Å². The quantitative estimate of drug-likeness (QED) is 0.602. The molecule has 1 unspecified atom stereocenters. The van der Waals surface area contributed by atoms with Crippen LogP contribution in [0.5, 0.6) is 0 Å². The number of aromatic carboxylic acids is 1. The van der Waals surface area contributed by atoms with Crippen molar-refractivity contribution in [3.05, 3.63) is 17.8 Å². The first kappa shape index (κ1) is 12.2. The van der Waals surface area contributed by atoms with Crippen molar-refractivity contribution in [1.82, 2.24) is 10.3 Å². The molecule has 0 aliphatic carbocycles. The van der Waals surface area contributed by atoms with E-state index in [4.69, 9.17) is 10.8 Å². The summed E-state index contributed by atoms with van der Waals surface area (Å²) in [5.41, 5.74) is 5.87. The van der Waals surface area contributed by atoms with Crippen LogP contribution in [0.25, 0.3) is 0 Å². The number of carboxylic acids is 1. The Morgan fingerprint density at radius 3 is 3.00 bits per heavy atom. The van der Waals surface area contributed by atoms with Gasteiger partial charge in [-0.15, -0.1) is 0 Å². The van der Waals surface area contributed by atoms with Crippen molar-refractivity contribution >= 4 is 23.4 Å². The van der Waals surface area contributed by atoms with E-state index in [0.29, 0.717) is 25.2 Å². The predicted molar refractivity (Wildman–Crippen MR) is 65.3 cm³/mol. The van der Waals surface area contributed by atoms with Gasteiger partial charge >= 0.3 is 5.97 Å². The number of anilines is 2. The third kappa shape index (κ3) is 2.50. The third-order valence-electron chi connectivity index (χ3n) is 2.83. The van der Waals surface area contributed by atoms with Gasteiger partial charge in [0, 0.05) is 25.2 Å². The normalized spacial score (nSPS) is 19.1. The minimum absolute atomic E-state index is 0.0153. The lowest BCUT2D eigenvalue weighted by Gasteiger charge is -2.24. The topological polar surface area (TPSA) is 117 Å². The smallest absolute Gasteiger partial charge is 0.337 e. The lowest BCUT2D eigenvalue weighted by molar-refractivity contribution is -0.122. The molecule has 1 aromatic rings. The van der Waals surface area contributed by atoms with Gasteiger partial charge in [-0.3, -0.25) is 4.79 Å². The van der Waals surface area contributed by atoms with Crippen LogP contribution in [0.2, 0.25) is 0 Å². The van der Waals surface area contributed by atoms with E-state index >= 15 is 0 Å². The van der Waals surface area contributed by atoms with Crippen molar-refractivity contribution < 1.29 is 14.7 Å². The van der Waals surface area contributed by atoms with Crippen molar-refractivity contribution in [2.24, 2.45) is 0 Å². The molecule has 7 heteroatoms. The second kappa shape index (κ2) is 4.91. The number of pyridine rings is 1. The standard InChI is InChI=1S/C11H14N4O3/c12-9-7(11(17)18)3-4-13-10(9)15-6-1-2-8(16)14-5-6/h3-4,6H,1-2,5,12H2,(H,13,15)(H,14,16)(H,17,18). The van der Waals surface area contributed by atoms with Gasteiger partial charge < -0.3 is 21.5 Å². The Morgan fingerprint density at radius 1 is 1.61 bits per heavy atom. The van der Waals surface area contributed by atoms with Crippen LogP contribution in [0.1, 0.15) is 23.2 Å². The number of carbonyl (C=O) groups is 2. The van der Waals surface area contributed by atoms with Crippen LogP contribution in [0.15, 0.2) is 12.3 Å². The van der Waals surface area contributed by atoms with Crippen LogP contribution in [0.3, 0.4) is 0 Å². The van der Waals surface area contributed by atoms with E-state index in [0.717, 1.165) is 0 Å². The summed E-state index contributed by atoms with van der Waals surface area (Å²) in [6.07, 6.45) is 2.50. The van der Waals surface area contributed by atoms with Crippen LogP contribution in [-0.2, 0) is 4.79 Å². The van der Waals surface area contributed by atoms with Crippen LogP contribution >= 0.6 is 0 Å². The maximum atomic E-state index is 11.0. The molecule has 1 fully saturated rings. The molecular formula is C11H14N4O3. The second-order valence-corrected chi connectivity index (χ2v) is 4.11. The zero-order valence-electron chi connectivity index (χ0n) is 9.64. The van der Waals surface area contributed by atoms with Crippen LogP contribution < -0.4 is 16.4 Å².